The zero-order valence-corrected chi connectivity index (χ0v) is 11.0. The molecular weight excluding hydrogens is 226 g/mol. The van der Waals surface area contributed by atoms with Gasteiger partial charge >= 0.3 is 0 Å². The van der Waals surface area contributed by atoms with E-state index in [0.717, 1.165) is 17.6 Å². The summed E-state index contributed by atoms with van der Waals surface area (Å²) in [5.41, 5.74) is 1.98. The summed E-state index contributed by atoms with van der Waals surface area (Å²) in [5.74, 6) is 0.686. The summed E-state index contributed by atoms with van der Waals surface area (Å²) >= 11 is 0. The van der Waals surface area contributed by atoms with E-state index in [2.05, 4.69) is 34.0 Å². The van der Waals surface area contributed by atoms with Crippen LogP contribution in [0.15, 0.2) is 18.5 Å². The molecule has 0 radical (unpaired) electrons. The van der Waals surface area contributed by atoms with Crippen molar-refractivity contribution in [3.05, 3.63) is 18.5 Å². The highest BCUT2D eigenvalue weighted by molar-refractivity contribution is 5.72. The Morgan fingerprint density at radius 2 is 2.33 bits per heavy atom. The molecule has 18 heavy (non-hydrogen) atoms. The minimum absolute atomic E-state index is 0.645. The van der Waals surface area contributed by atoms with E-state index in [0.29, 0.717) is 12.0 Å². The number of aromatic nitrogens is 4. The second-order valence-corrected chi connectivity index (χ2v) is 5.38. The fourth-order valence-corrected chi connectivity index (χ4v) is 2.68. The quantitative estimate of drug-likeness (QED) is 0.823. The molecule has 0 saturated carbocycles. The molecule has 0 aliphatic carbocycles. The highest BCUT2D eigenvalue weighted by Gasteiger charge is 2.25. The molecule has 0 bridgehead atoms. The SMILES string of the molecule is CC(C)N1CCC(Cn2nnc3cnccc32)C1. The van der Waals surface area contributed by atoms with Crippen LogP contribution in [0.5, 0.6) is 0 Å². The molecule has 2 aromatic heterocycles. The van der Waals surface area contributed by atoms with Crippen molar-refractivity contribution in [2.75, 3.05) is 13.1 Å². The van der Waals surface area contributed by atoms with Crippen LogP contribution in [0.25, 0.3) is 11.0 Å². The van der Waals surface area contributed by atoms with Gasteiger partial charge in [-0.1, -0.05) is 5.21 Å². The molecule has 1 saturated heterocycles. The first-order valence-electron chi connectivity index (χ1n) is 6.61. The van der Waals surface area contributed by atoms with Gasteiger partial charge in [-0.15, -0.1) is 5.10 Å². The van der Waals surface area contributed by atoms with Gasteiger partial charge in [-0.3, -0.25) is 4.98 Å². The van der Waals surface area contributed by atoms with E-state index in [9.17, 15) is 0 Å². The molecule has 2 aromatic rings. The molecule has 1 unspecified atom stereocenters. The molecule has 3 rings (SSSR count). The van der Waals surface area contributed by atoms with Gasteiger partial charge in [0, 0.05) is 25.3 Å². The Hall–Kier alpha value is -1.49. The maximum absolute atomic E-state index is 4.24. The predicted molar refractivity (Wildman–Crippen MR) is 70.1 cm³/mol. The molecule has 0 spiro atoms. The normalized spacial score (nSPS) is 21.2. The predicted octanol–water partition coefficient (Wildman–Crippen LogP) is 1.56. The topological polar surface area (TPSA) is 46.8 Å². The number of pyridine rings is 1. The third-order valence-corrected chi connectivity index (χ3v) is 3.79. The van der Waals surface area contributed by atoms with Crippen molar-refractivity contribution in [1.82, 2.24) is 24.9 Å². The van der Waals surface area contributed by atoms with Crippen LogP contribution in [-0.2, 0) is 6.54 Å². The summed E-state index contributed by atoms with van der Waals surface area (Å²) in [6, 6.07) is 2.64. The van der Waals surface area contributed by atoms with Gasteiger partial charge in [0.15, 0.2) is 0 Å². The van der Waals surface area contributed by atoms with Crippen molar-refractivity contribution in [3.63, 3.8) is 0 Å². The lowest BCUT2D eigenvalue weighted by molar-refractivity contribution is 0.259. The average molecular weight is 245 g/mol. The van der Waals surface area contributed by atoms with Gasteiger partial charge in [-0.05, 0) is 38.8 Å². The molecule has 0 aromatic carbocycles. The Morgan fingerprint density at radius 1 is 1.44 bits per heavy atom. The fraction of sp³-hybridized carbons (Fsp3) is 0.615. The molecule has 1 aliphatic heterocycles. The van der Waals surface area contributed by atoms with Crippen molar-refractivity contribution < 1.29 is 0 Å². The van der Waals surface area contributed by atoms with Gasteiger partial charge in [0.1, 0.15) is 5.52 Å². The summed E-state index contributed by atoms with van der Waals surface area (Å²) < 4.78 is 2.02. The van der Waals surface area contributed by atoms with E-state index in [1.807, 2.05) is 10.7 Å². The van der Waals surface area contributed by atoms with E-state index in [4.69, 9.17) is 0 Å². The van der Waals surface area contributed by atoms with Crippen molar-refractivity contribution in [1.29, 1.82) is 0 Å². The molecule has 1 aliphatic rings. The van der Waals surface area contributed by atoms with Crippen LogP contribution in [0, 0.1) is 5.92 Å². The van der Waals surface area contributed by atoms with Crippen LogP contribution in [0.2, 0.25) is 0 Å². The number of fused-ring (bicyclic) bond motifs is 1. The number of hydrogen-bond acceptors (Lipinski definition) is 4. The minimum atomic E-state index is 0.645. The van der Waals surface area contributed by atoms with Crippen LogP contribution in [-0.4, -0.2) is 44.0 Å². The van der Waals surface area contributed by atoms with Crippen molar-refractivity contribution >= 4 is 11.0 Å². The first kappa shape index (κ1) is 11.6. The average Bonchev–Trinajstić information content (AvgIpc) is 2.98. The lowest BCUT2D eigenvalue weighted by atomic mass is 10.1. The van der Waals surface area contributed by atoms with Crippen LogP contribution < -0.4 is 0 Å². The Balaban J connectivity index is 1.74. The second kappa shape index (κ2) is 4.65. The lowest BCUT2D eigenvalue weighted by Crippen LogP contribution is -2.28. The van der Waals surface area contributed by atoms with Gasteiger partial charge in [0.05, 0.1) is 11.7 Å². The molecule has 0 amide bonds. The highest BCUT2D eigenvalue weighted by Crippen LogP contribution is 2.21. The summed E-state index contributed by atoms with van der Waals surface area (Å²) in [6.07, 6.45) is 4.83. The lowest BCUT2D eigenvalue weighted by Gasteiger charge is -2.20. The van der Waals surface area contributed by atoms with E-state index in [1.165, 1.54) is 19.5 Å². The minimum Gasteiger partial charge on any atom is -0.301 e. The molecule has 5 nitrogen and oxygen atoms in total. The number of likely N-dealkylation sites (tertiary alicyclic amines) is 1. The molecule has 1 atom stereocenters. The van der Waals surface area contributed by atoms with Gasteiger partial charge < -0.3 is 4.90 Å². The standard InChI is InChI=1S/C13H19N5/c1-10(2)17-6-4-11(8-17)9-18-13-3-5-14-7-12(13)15-16-18/h3,5,7,10-11H,4,6,8-9H2,1-2H3. The third kappa shape index (κ3) is 2.10. The maximum atomic E-state index is 4.24. The monoisotopic (exact) mass is 245 g/mol. The smallest absolute Gasteiger partial charge is 0.131 e. The molecule has 3 heterocycles. The summed E-state index contributed by atoms with van der Waals surface area (Å²) in [4.78, 5) is 6.60. The van der Waals surface area contributed by atoms with E-state index >= 15 is 0 Å². The number of rotatable bonds is 3. The fourth-order valence-electron chi connectivity index (χ4n) is 2.68. The van der Waals surface area contributed by atoms with E-state index in [-0.39, 0.29) is 0 Å². The molecule has 1 fully saturated rings. The Kier molecular flexibility index (Phi) is 2.99. The molecule has 0 N–H and O–H groups in total. The van der Waals surface area contributed by atoms with Gasteiger partial charge in [-0.2, -0.15) is 0 Å². The van der Waals surface area contributed by atoms with E-state index < -0.39 is 0 Å². The Bertz CT molecular complexity index is 533. The number of nitrogens with zero attached hydrogens (tertiary/aromatic N) is 5. The zero-order chi connectivity index (χ0) is 12.5. The molecule has 5 heteroatoms. The first-order chi connectivity index (χ1) is 8.74. The van der Waals surface area contributed by atoms with Gasteiger partial charge in [0.25, 0.3) is 0 Å². The summed E-state index contributed by atoms with van der Waals surface area (Å²) in [7, 11) is 0. The molecular formula is C13H19N5. The van der Waals surface area contributed by atoms with Gasteiger partial charge in [-0.25, -0.2) is 4.68 Å². The number of hydrogen-bond donors (Lipinski definition) is 0. The maximum Gasteiger partial charge on any atom is 0.131 e. The summed E-state index contributed by atoms with van der Waals surface area (Å²) in [6.45, 7) is 7.86. The van der Waals surface area contributed by atoms with Crippen molar-refractivity contribution in [3.8, 4) is 0 Å². The zero-order valence-electron chi connectivity index (χ0n) is 11.0. The van der Waals surface area contributed by atoms with Crippen LogP contribution in [0.1, 0.15) is 20.3 Å². The largest absolute Gasteiger partial charge is 0.301 e. The van der Waals surface area contributed by atoms with Crippen molar-refractivity contribution in [2.45, 2.75) is 32.9 Å². The summed E-state index contributed by atoms with van der Waals surface area (Å²) in [5, 5.41) is 8.39. The van der Waals surface area contributed by atoms with Crippen molar-refractivity contribution in [2.24, 2.45) is 5.92 Å². The van der Waals surface area contributed by atoms with Gasteiger partial charge in [0.2, 0.25) is 0 Å². The van der Waals surface area contributed by atoms with Crippen LogP contribution >= 0.6 is 0 Å². The first-order valence-corrected chi connectivity index (χ1v) is 6.61. The highest BCUT2D eigenvalue weighted by atomic mass is 15.4. The van der Waals surface area contributed by atoms with E-state index in [1.54, 1.807) is 12.4 Å². The molecule has 96 valence electrons. The third-order valence-electron chi connectivity index (χ3n) is 3.79. The van der Waals surface area contributed by atoms with Crippen LogP contribution in [0.4, 0.5) is 0 Å². The Labute approximate surface area is 107 Å². The van der Waals surface area contributed by atoms with Crippen LogP contribution in [0.3, 0.4) is 0 Å². The Morgan fingerprint density at radius 3 is 3.11 bits per heavy atom. The second-order valence-electron chi connectivity index (χ2n) is 5.38.